The third-order valence-corrected chi connectivity index (χ3v) is 4.15. The van der Waals surface area contributed by atoms with Gasteiger partial charge in [-0.05, 0) is 25.0 Å². The summed E-state index contributed by atoms with van der Waals surface area (Å²) in [4.78, 5) is 33.2. The lowest BCUT2D eigenvalue weighted by molar-refractivity contribution is -0.116. The fourth-order valence-electron chi connectivity index (χ4n) is 2.70. The number of benzene rings is 1. The van der Waals surface area contributed by atoms with Crippen molar-refractivity contribution >= 4 is 17.8 Å². The Kier molecular flexibility index (Phi) is 7.14. The minimum atomic E-state index is -0.924. The van der Waals surface area contributed by atoms with Gasteiger partial charge >= 0.3 is 0 Å². The number of halogens is 2. The maximum atomic E-state index is 13.5. The summed E-state index contributed by atoms with van der Waals surface area (Å²) in [5.74, 6) is -1.81. The second-order valence-corrected chi connectivity index (χ2v) is 6.38. The first-order valence-corrected chi connectivity index (χ1v) is 9.12. The highest BCUT2D eigenvalue weighted by atomic mass is 19.1. The average Bonchev–Trinajstić information content (AvgIpc) is 3.41. The second kappa shape index (κ2) is 9.34. The molecular weight excluding hydrogens is 366 g/mol. The summed E-state index contributed by atoms with van der Waals surface area (Å²) < 4.78 is 26.3. The van der Waals surface area contributed by atoms with Gasteiger partial charge in [-0.3, -0.25) is 14.9 Å². The minimum Gasteiger partial charge on any atom is -0.332 e. The number of aryl methyl sites for hydroxylation is 1. The molecule has 0 saturated heterocycles. The number of nitrogens with one attached hydrogen (secondary N) is 1. The van der Waals surface area contributed by atoms with Crippen molar-refractivity contribution in [3.63, 3.8) is 0 Å². The van der Waals surface area contributed by atoms with Crippen molar-refractivity contribution < 1.29 is 19.8 Å². The normalized spacial score (nSPS) is 17.2. The summed E-state index contributed by atoms with van der Waals surface area (Å²) >= 11 is 0. The fraction of sp³-hybridized carbons (Fsp3) is 0.400. The number of alkyl halides is 1. The Bertz CT molecular complexity index is 849. The molecular formula is C20H26F2N4O2. The molecule has 0 aliphatic heterocycles. The Balaban J connectivity index is 0.00000136. The molecule has 1 saturated carbocycles. The average molecular weight is 392 g/mol. The van der Waals surface area contributed by atoms with Crippen LogP contribution in [0.5, 0.6) is 0 Å². The zero-order valence-electron chi connectivity index (χ0n) is 16.4. The van der Waals surface area contributed by atoms with Crippen LogP contribution in [-0.4, -0.2) is 46.4 Å². The summed E-state index contributed by atoms with van der Waals surface area (Å²) in [6, 6.07) is 5.26. The number of anilines is 1. The van der Waals surface area contributed by atoms with Gasteiger partial charge in [-0.2, -0.15) is 0 Å². The molecule has 1 aromatic carbocycles. The molecule has 0 radical (unpaired) electrons. The Morgan fingerprint density at radius 2 is 1.89 bits per heavy atom. The molecule has 1 fully saturated rings. The van der Waals surface area contributed by atoms with Crippen molar-refractivity contribution in [2.24, 2.45) is 0 Å². The van der Waals surface area contributed by atoms with E-state index in [0.29, 0.717) is 17.5 Å². The van der Waals surface area contributed by atoms with Gasteiger partial charge in [0, 0.05) is 20.0 Å². The zero-order valence-corrected chi connectivity index (χ0v) is 16.4. The van der Waals surface area contributed by atoms with Gasteiger partial charge < -0.3 is 4.90 Å². The molecule has 152 valence electrons. The summed E-state index contributed by atoms with van der Waals surface area (Å²) in [5, 5.41) is 2.39. The number of hydrogen-bond donors (Lipinski definition) is 1. The van der Waals surface area contributed by atoms with Crippen molar-refractivity contribution in [2.75, 3.05) is 18.9 Å². The van der Waals surface area contributed by atoms with Crippen LogP contribution in [0.4, 0.5) is 14.7 Å². The van der Waals surface area contributed by atoms with Crippen LogP contribution in [-0.2, 0) is 4.79 Å². The molecule has 2 amide bonds. The highest BCUT2D eigenvalue weighted by Gasteiger charge is 2.41. The standard InChI is InChI=1S/C18H18F2N4O2.C2H6.H2/c1-10-3-4-12(13(5-10)14-6-15(14)20)17(26)24(2)9-16(25)23-18-21-7-11(19)8-22-18;1-2;/h3-5,7-8,14-15H,6,9H2,1-2H3,(H,21,22,23,25);1-2H3;1H/t14-,15-;;/m0../s1. The van der Waals surface area contributed by atoms with Gasteiger partial charge in [0.1, 0.15) is 6.17 Å². The molecule has 6 nitrogen and oxygen atoms in total. The largest absolute Gasteiger partial charge is 0.332 e. The van der Waals surface area contributed by atoms with E-state index in [-0.39, 0.29) is 25.7 Å². The second-order valence-electron chi connectivity index (χ2n) is 6.38. The van der Waals surface area contributed by atoms with Crippen LogP contribution >= 0.6 is 0 Å². The van der Waals surface area contributed by atoms with E-state index in [2.05, 4.69) is 15.3 Å². The van der Waals surface area contributed by atoms with Crippen LogP contribution in [0.15, 0.2) is 30.6 Å². The molecule has 3 rings (SSSR count). The van der Waals surface area contributed by atoms with Crippen LogP contribution in [0.2, 0.25) is 0 Å². The van der Waals surface area contributed by atoms with Crippen LogP contribution in [0, 0.1) is 12.7 Å². The molecule has 0 bridgehead atoms. The van der Waals surface area contributed by atoms with Crippen molar-refractivity contribution in [3.8, 4) is 0 Å². The van der Waals surface area contributed by atoms with E-state index in [1.807, 2.05) is 26.8 Å². The van der Waals surface area contributed by atoms with E-state index in [9.17, 15) is 18.4 Å². The molecule has 28 heavy (non-hydrogen) atoms. The molecule has 1 aromatic heterocycles. The van der Waals surface area contributed by atoms with Crippen LogP contribution in [0.3, 0.4) is 0 Å². The van der Waals surface area contributed by atoms with Crippen molar-refractivity contribution in [2.45, 2.75) is 39.3 Å². The highest BCUT2D eigenvalue weighted by molar-refractivity contribution is 5.99. The molecule has 8 heteroatoms. The lowest BCUT2D eigenvalue weighted by Gasteiger charge is -2.19. The number of hydrogen-bond acceptors (Lipinski definition) is 4. The molecule has 1 heterocycles. The number of amides is 2. The Morgan fingerprint density at radius 1 is 1.29 bits per heavy atom. The quantitative estimate of drug-likeness (QED) is 0.841. The van der Waals surface area contributed by atoms with E-state index in [4.69, 9.17) is 0 Å². The lowest BCUT2D eigenvalue weighted by Crippen LogP contribution is -2.35. The van der Waals surface area contributed by atoms with Gasteiger partial charge in [-0.1, -0.05) is 31.5 Å². The van der Waals surface area contributed by atoms with E-state index < -0.39 is 17.9 Å². The Morgan fingerprint density at radius 3 is 2.46 bits per heavy atom. The van der Waals surface area contributed by atoms with Crippen LogP contribution < -0.4 is 5.32 Å². The minimum absolute atomic E-state index is 0. The van der Waals surface area contributed by atoms with E-state index in [0.717, 1.165) is 18.0 Å². The number of carbonyl (C=O) groups excluding carboxylic acids is 2. The van der Waals surface area contributed by atoms with Gasteiger partial charge in [-0.15, -0.1) is 0 Å². The molecule has 1 aliphatic carbocycles. The number of rotatable bonds is 5. The van der Waals surface area contributed by atoms with Gasteiger partial charge in [-0.25, -0.2) is 18.7 Å². The monoisotopic (exact) mass is 392 g/mol. The van der Waals surface area contributed by atoms with Crippen molar-refractivity contribution in [3.05, 3.63) is 53.1 Å². The maximum absolute atomic E-state index is 13.5. The first-order valence-electron chi connectivity index (χ1n) is 9.12. The molecule has 0 unspecified atom stereocenters. The van der Waals surface area contributed by atoms with E-state index >= 15 is 0 Å². The Hall–Kier alpha value is -2.90. The van der Waals surface area contributed by atoms with Gasteiger partial charge in [0.2, 0.25) is 11.9 Å². The number of carbonyl (C=O) groups is 2. The van der Waals surface area contributed by atoms with Crippen LogP contribution in [0.1, 0.15) is 49.1 Å². The number of likely N-dealkylation sites (N-methyl/N-ethyl adjacent to an activating group) is 1. The molecule has 2 atom stereocenters. The summed E-state index contributed by atoms with van der Waals surface area (Å²) in [5.41, 5.74) is 2.02. The predicted octanol–water partition coefficient (Wildman–Crippen LogP) is 3.73. The summed E-state index contributed by atoms with van der Waals surface area (Å²) in [7, 11) is 1.48. The summed E-state index contributed by atoms with van der Waals surface area (Å²) in [6.45, 7) is 5.64. The highest BCUT2D eigenvalue weighted by Crippen LogP contribution is 2.45. The predicted molar refractivity (Wildman–Crippen MR) is 104 cm³/mol. The molecule has 1 aliphatic rings. The van der Waals surface area contributed by atoms with Crippen LogP contribution in [0.25, 0.3) is 0 Å². The van der Waals surface area contributed by atoms with Gasteiger partial charge in [0.15, 0.2) is 5.82 Å². The topological polar surface area (TPSA) is 75.2 Å². The van der Waals surface area contributed by atoms with Crippen molar-refractivity contribution in [1.82, 2.24) is 14.9 Å². The number of nitrogens with zero attached hydrogens (tertiary/aromatic N) is 3. The third-order valence-electron chi connectivity index (χ3n) is 4.15. The van der Waals surface area contributed by atoms with Crippen molar-refractivity contribution in [1.29, 1.82) is 0 Å². The van der Waals surface area contributed by atoms with Gasteiger partial charge in [0.05, 0.1) is 18.9 Å². The van der Waals surface area contributed by atoms with Gasteiger partial charge in [0.25, 0.3) is 5.91 Å². The Labute approximate surface area is 164 Å². The fourth-order valence-corrected chi connectivity index (χ4v) is 2.70. The smallest absolute Gasteiger partial charge is 0.254 e. The third kappa shape index (κ3) is 5.31. The summed E-state index contributed by atoms with van der Waals surface area (Å²) in [6.07, 6.45) is 1.35. The molecule has 1 N–H and O–H groups in total. The SMILES string of the molecule is CC.Cc1ccc(C(=O)N(C)CC(=O)Nc2ncc(F)cn2)c([C@@H]2C[C@@H]2F)c1.[HH]. The maximum Gasteiger partial charge on any atom is 0.254 e. The zero-order chi connectivity index (χ0) is 20.8. The first kappa shape index (κ1) is 21.4. The van der Waals surface area contributed by atoms with E-state index in [1.54, 1.807) is 12.1 Å². The number of aromatic nitrogens is 2. The van der Waals surface area contributed by atoms with E-state index in [1.165, 1.54) is 11.9 Å². The molecule has 0 spiro atoms. The molecule has 2 aromatic rings. The first-order chi connectivity index (χ1) is 13.3. The lowest BCUT2D eigenvalue weighted by atomic mass is 9.99.